The van der Waals surface area contributed by atoms with Gasteiger partial charge in [0.2, 0.25) is 0 Å². The van der Waals surface area contributed by atoms with Crippen LogP contribution in [0.2, 0.25) is 0 Å². The lowest BCUT2D eigenvalue weighted by Crippen LogP contribution is -2.20. The number of ketones is 1. The Labute approximate surface area is 139 Å². The standard InChI is InChI=1S/C20H28O3/c1-7-8-9-14-13(4)17(11-16(14)21)23-19(22)18-15(10-12(2)3)20(18,5)6/h7-8,10,15,17-18H,9,11H2,1-6H3/b8-7-. The quantitative estimate of drug-likeness (QED) is 0.558. The van der Waals surface area contributed by atoms with Gasteiger partial charge in [-0.25, -0.2) is 0 Å². The van der Waals surface area contributed by atoms with E-state index in [2.05, 4.69) is 19.9 Å². The number of esters is 1. The van der Waals surface area contributed by atoms with Crippen molar-refractivity contribution in [2.45, 2.75) is 60.5 Å². The van der Waals surface area contributed by atoms with Gasteiger partial charge in [0.1, 0.15) is 6.10 Å². The van der Waals surface area contributed by atoms with Crippen molar-refractivity contribution in [3.63, 3.8) is 0 Å². The van der Waals surface area contributed by atoms with Crippen LogP contribution in [0.4, 0.5) is 0 Å². The summed E-state index contributed by atoms with van der Waals surface area (Å²) in [4.78, 5) is 24.7. The molecule has 2 aliphatic carbocycles. The van der Waals surface area contributed by atoms with Crippen LogP contribution in [0.25, 0.3) is 0 Å². The zero-order valence-electron chi connectivity index (χ0n) is 15.1. The van der Waals surface area contributed by atoms with Gasteiger partial charge in [-0.2, -0.15) is 0 Å². The molecule has 3 heteroatoms. The van der Waals surface area contributed by atoms with E-state index in [-0.39, 0.29) is 35.1 Å². The van der Waals surface area contributed by atoms with Gasteiger partial charge in [0.25, 0.3) is 0 Å². The topological polar surface area (TPSA) is 43.4 Å². The maximum atomic E-state index is 12.5. The molecule has 0 heterocycles. The first kappa shape index (κ1) is 17.7. The summed E-state index contributed by atoms with van der Waals surface area (Å²) in [5.41, 5.74) is 2.89. The fourth-order valence-corrected chi connectivity index (χ4v) is 3.51. The fraction of sp³-hybridized carbons (Fsp3) is 0.600. The van der Waals surface area contributed by atoms with Crippen LogP contribution in [-0.4, -0.2) is 17.9 Å². The second-order valence-corrected chi connectivity index (χ2v) is 7.56. The molecule has 0 spiro atoms. The van der Waals surface area contributed by atoms with E-state index in [9.17, 15) is 9.59 Å². The summed E-state index contributed by atoms with van der Waals surface area (Å²) in [5.74, 6) is 0.0833. The normalized spacial score (nSPS) is 29.1. The number of hydrogen-bond acceptors (Lipinski definition) is 3. The molecule has 0 N–H and O–H groups in total. The predicted molar refractivity (Wildman–Crippen MR) is 91.8 cm³/mol. The lowest BCUT2D eigenvalue weighted by molar-refractivity contribution is -0.150. The monoisotopic (exact) mass is 316 g/mol. The Kier molecular flexibility index (Phi) is 4.98. The van der Waals surface area contributed by atoms with E-state index in [1.54, 1.807) is 0 Å². The summed E-state index contributed by atoms with van der Waals surface area (Å²) in [6.45, 7) is 12.1. The third-order valence-electron chi connectivity index (χ3n) is 5.16. The van der Waals surface area contributed by atoms with Crippen molar-refractivity contribution in [2.24, 2.45) is 17.3 Å². The zero-order valence-corrected chi connectivity index (χ0v) is 15.1. The van der Waals surface area contributed by atoms with Gasteiger partial charge >= 0.3 is 5.97 Å². The summed E-state index contributed by atoms with van der Waals surface area (Å²) in [5, 5.41) is 0. The van der Waals surface area contributed by atoms with Crippen molar-refractivity contribution in [3.05, 3.63) is 34.9 Å². The van der Waals surface area contributed by atoms with Crippen molar-refractivity contribution in [1.29, 1.82) is 0 Å². The Morgan fingerprint density at radius 3 is 2.57 bits per heavy atom. The Bertz CT molecular complexity index is 600. The van der Waals surface area contributed by atoms with E-state index >= 15 is 0 Å². The van der Waals surface area contributed by atoms with E-state index in [0.29, 0.717) is 12.8 Å². The third-order valence-corrected chi connectivity index (χ3v) is 5.16. The molecule has 3 nitrogen and oxygen atoms in total. The second kappa shape index (κ2) is 6.46. The van der Waals surface area contributed by atoms with Crippen LogP contribution >= 0.6 is 0 Å². The molecule has 2 aliphatic rings. The highest BCUT2D eigenvalue weighted by molar-refractivity contribution is 6.00. The van der Waals surface area contributed by atoms with Gasteiger partial charge in [-0.1, -0.05) is 37.6 Å². The minimum Gasteiger partial charge on any atom is -0.457 e. The zero-order chi connectivity index (χ0) is 17.4. The molecule has 0 aromatic rings. The maximum absolute atomic E-state index is 12.5. The molecule has 0 amide bonds. The van der Waals surface area contributed by atoms with Crippen LogP contribution in [0, 0.1) is 17.3 Å². The van der Waals surface area contributed by atoms with Gasteiger partial charge < -0.3 is 4.74 Å². The molecule has 3 atom stereocenters. The summed E-state index contributed by atoms with van der Waals surface area (Å²) < 4.78 is 5.70. The van der Waals surface area contributed by atoms with E-state index in [0.717, 1.165) is 11.1 Å². The molecule has 0 bridgehead atoms. The highest BCUT2D eigenvalue weighted by Gasteiger charge is 2.61. The average Bonchev–Trinajstić information content (AvgIpc) is 2.86. The minimum atomic E-state index is -0.376. The van der Waals surface area contributed by atoms with Crippen molar-refractivity contribution >= 4 is 11.8 Å². The van der Waals surface area contributed by atoms with E-state index < -0.39 is 0 Å². The molecule has 23 heavy (non-hydrogen) atoms. The lowest BCUT2D eigenvalue weighted by Gasteiger charge is -2.13. The Balaban J connectivity index is 2.06. The first-order valence-electron chi connectivity index (χ1n) is 8.39. The minimum absolute atomic E-state index is 0.0532. The van der Waals surface area contributed by atoms with Crippen molar-refractivity contribution in [1.82, 2.24) is 0 Å². The van der Waals surface area contributed by atoms with Gasteiger partial charge in [0.05, 0.1) is 12.3 Å². The van der Waals surface area contributed by atoms with Gasteiger partial charge in [0, 0.05) is 5.57 Å². The molecule has 1 saturated carbocycles. The summed E-state index contributed by atoms with van der Waals surface area (Å²) in [7, 11) is 0. The second-order valence-electron chi connectivity index (χ2n) is 7.56. The number of Topliss-reactive ketones (excluding diaryl/α,β-unsaturated/α-hetero) is 1. The molecule has 0 saturated heterocycles. The summed E-state index contributed by atoms with van der Waals surface area (Å²) >= 11 is 0. The highest BCUT2D eigenvalue weighted by atomic mass is 16.5. The molecule has 3 unspecified atom stereocenters. The van der Waals surface area contributed by atoms with E-state index in [1.807, 2.05) is 39.8 Å². The van der Waals surface area contributed by atoms with Crippen LogP contribution in [0.1, 0.15) is 54.4 Å². The number of allylic oxidation sites excluding steroid dienone is 5. The van der Waals surface area contributed by atoms with Gasteiger partial charge in [-0.15, -0.1) is 0 Å². The number of rotatable bonds is 5. The van der Waals surface area contributed by atoms with Crippen LogP contribution in [0.5, 0.6) is 0 Å². The number of ether oxygens (including phenoxy) is 1. The first-order valence-corrected chi connectivity index (χ1v) is 8.39. The SMILES string of the molecule is C/C=C\CC1=C(C)C(OC(=O)C2C(C=C(C)C)C2(C)C)CC1=O. The molecule has 0 aromatic heterocycles. The largest absolute Gasteiger partial charge is 0.457 e. The van der Waals surface area contributed by atoms with Crippen LogP contribution in [0.3, 0.4) is 0 Å². The van der Waals surface area contributed by atoms with Crippen molar-refractivity contribution < 1.29 is 14.3 Å². The molecule has 0 radical (unpaired) electrons. The molecule has 2 rings (SSSR count). The number of hydrogen-bond donors (Lipinski definition) is 0. The highest BCUT2D eigenvalue weighted by Crippen LogP contribution is 2.60. The summed E-state index contributed by atoms with van der Waals surface area (Å²) in [6.07, 6.45) is 6.61. The Morgan fingerprint density at radius 2 is 2.00 bits per heavy atom. The maximum Gasteiger partial charge on any atom is 0.310 e. The molecule has 0 aliphatic heterocycles. The van der Waals surface area contributed by atoms with Gasteiger partial charge in [-0.3, -0.25) is 9.59 Å². The van der Waals surface area contributed by atoms with E-state index in [4.69, 9.17) is 4.74 Å². The number of carbonyl (C=O) groups excluding carboxylic acids is 2. The number of carbonyl (C=O) groups is 2. The van der Waals surface area contributed by atoms with Crippen LogP contribution < -0.4 is 0 Å². The van der Waals surface area contributed by atoms with E-state index in [1.165, 1.54) is 5.57 Å². The fourth-order valence-electron chi connectivity index (χ4n) is 3.51. The van der Waals surface area contributed by atoms with Crippen LogP contribution in [0.15, 0.2) is 34.9 Å². The Hall–Kier alpha value is -1.64. The van der Waals surface area contributed by atoms with Crippen molar-refractivity contribution in [3.8, 4) is 0 Å². The average molecular weight is 316 g/mol. The van der Waals surface area contributed by atoms with Crippen LogP contribution in [-0.2, 0) is 14.3 Å². The first-order chi connectivity index (χ1) is 10.7. The lowest BCUT2D eigenvalue weighted by atomic mass is 10.1. The molecular formula is C20H28O3. The smallest absolute Gasteiger partial charge is 0.310 e. The third kappa shape index (κ3) is 3.49. The van der Waals surface area contributed by atoms with Gasteiger partial charge in [-0.05, 0) is 51.0 Å². The van der Waals surface area contributed by atoms with Gasteiger partial charge in [0.15, 0.2) is 5.78 Å². The predicted octanol–water partition coefficient (Wildman–Crippen LogP) is 4.39. The molecule has 0 aromatic carbocycles. The molecule has 1 fully saturated rings. The molecular weight excluding hydrogens is 288 g/mol. The summed E-state index contributed by atoms with van der Waals surface area (Å²) in [6, 6.07) is 0. The molecule has 126 valence electrons. The Morgan fingerprint density at radius 1 is 1.35 bits per heavy atom. The van der Waals surface area contributed by atoms with Crippen molar-refractivity contribution in [2.75, 3.05) is 0 Å².